The van der Waals surface area contributed by atoms with Gasteiger partial charge in [-0.2, -0.15) is 0 Å². The van der Waals surface area contributed by atoms with Crippen molar-refractivity contribution in [2.75, 3.05) is 6.54 Å². The summed E-state index contributed by atoms with van der Waals surface area (Å²) < 4.78 is 2.13. The molecule has 0 aliphatic carbocycles. The summed E-state index contributed by atoms with van der Waals surface area (Å²) in [5.74, 6) is 0. The summed E-state index contributed by atoms with van der Waals surface area (Å²) >= 11 is 0. The number of nitroso groups, excluding NO2 is 1. The standard InChI is InChI=1S/C19H18N4O/c20-18-9-14-23(19-6-2-1-5-17(18)19)11-4-3-10-22-12-7-16(8-13-22)15-21-24/h1-9,12-15,20H,10-11H2. The topological polar surface area (TPSA) is 61.5 Å². The van der Waals surface area contributed by atoms with Crippen LogP contribution in [0.4, 0.5) is 0 Å². The fraction of sp³-hybridized carbons (Fsp3) is 0.105. The molecule has 1 aliphatic heterocycles. The van der Waals surface area contributed by atoms with E-state index in [1.165, 1.54) is 6.20 Å². The molecule has 0 saturated heterocycles. The first-order chi connectivity index (χ1) is 11.8. The van der Waals surface area contributed by atoms with E-state index in [4.69, 9.17) is 5.41 Å². The van der Waals surface area contributed by atoms with E-state index in [0.717, 1.165) is 29.6 Å². The third-order valence-electron chi connectivity index (χ3n) is 3.83. The summed E-state index contributed by atoms with van der Waals surface area (Å²) in [6.07, 6.45) is 15.0. The average molecular weight is 318 g/mol. The molecule has 0 bridgehead atoms. The molecule has 0 atom stereocenters. The van der Waals surface area contributed by atoms with Crippen LogP contribution in [-0.2, 0) is 6.54 Å². The number of benzene rings is 1. The first-order valence-electron chi connectivity index (χ1n) is 7.70. The molecule has 1 aliphatic rings. The lowest BCUT2D eigenvalue weighted by Gasteiger charge is -2.16. The Morgan fingerprint density at radius 3 is 2.58 bits per heavy atom. The monoisotopic (exact) mass is 318 g/mol. The van der Waals surface area contributed by atoms with Crippen molar-refractivity contribution in [3.63, 3.8) is 0 Å². The van der Waals surface area contributed by atoms with Gasteiger partial charge < -0.3 is 14.9 Å². The van der Waals surface area contributed by atoms with E-state index >= 15 is 0 Å². The summed E-state index contributed by atoms with van der Waals surface area (Å²) in [5.41, 5.74) is 1.85. The Labute approximate surface area is 140 Å². The molecule has 5 nitrogen and oxygen atoms in total. The van der Waals surface area contributed by atoms with Gasteiger partial charge >= 0.3 is 0 Å². The molecule has 0 spiro atoms. The van der Waals surface area contributed by atoms with Crippen molar-refractivity contribution in [3.8, 4) is 0 Å². The predicted octanol–water partition coefficient (Wildman–Crippen LogP) is 3.67. The lowest BCUT2D eigenvalue weighted by molar-refractivity contribution is 0.559. The number of hydrogen-bond acceptors (Lipinski definition) is 4. The van der Waals surface area contributed by atoms with Crippen LogP contribution < -0.4 is 5.36 Å². The second-order valence-corrected chi connectivity index (χ2v) is 5.43. The van der Waals surface area contributed by atoms with E-state index in [1.54, 1.807) is 0 Å². The van der Waals surface area contributed by atoms with Gasteiger partial charge in [0.1, 0.15) is 0 Å². The maximum Gasteiger partial charge on any atom is 0.0788 e. The van der Waals surface area contributed by atoms with Crippen LogP contribution in [0.2, 0.25) is 0 Å². The number of fused-ring (bicyclic) bond motifs is 1. The molecule has 5 heteroatoms. The van der Waals surface area contributed by atoms with Gasteiger partial charge in [-0.3, -0.25) is 0 Å². The van der Waals surface area contributed by atoms with E-state index in [1.807, 2.05) is 66.0 Å². The Morgan fingerprint density at radius 1 is 1.04 bits per heavy atom. The van der Waals surface area contributed by atoms with Gasteiger partial charge in [-0.1, -0.05) is 30.4 Å². The fourth-order valence-corrected chi connectivity index (χ4v) is 2.57. The third kappa shape index (κ3) is 3.57. The molecule has 2 aromatic rings. The van der Waals surface area contributed by atoms with E-state index in [2.05, 4.69) is 21.9 Å². The predicted molar refractivity (Wildman–Crippen MR) is 95.8 cm³/mol. The zero-order chi connectivity index (χ0) is 16.8. The van der Waals surface area contributed by atoms with Crippen molar-refractivity contribution in [2.24, 2.45) is 5.18 Å². The van der Waals surface area contributed by atoms with Gasteiger partial charge in [0, 0.05) is 37.1 Å². The van der Waals surface area contributed by atoms with E-state index in [0.29, 0.717) is 5.36 Å². The zero-order valence-corrected chi connectivity index (χ0v) is 13.2. The second kappa shape index (κ2) is 7.37. The number of pyridine rings is 1. The van der Waals surface area contributed by atoms with Crippen molar-refractivity contribution in [2.45, 2.75) is 6.54 Å². The Hall–Kier alpha value is -3.21. The number of hydrogen-bond donors (Lipinski definition) is 1. The van der Waals surface area contributed by atoms with Gasteiger partial charge in [-0.15, -0.1) is 4.91 Å². The minimum absolute atomic E-state index is 0.545. The number of rotatable bonds is 5. The molecule has 1 aromatic carbocycles. The molecule has 120 valence electrons. The van der Waals surface area contributed by atoms with Crippen molar-refractivity contribution in [3.05, 3.63) is 95.3 Å². The highest BCUT2D eigenvalue weighted by molar-refractivity contribution is 5.78. The molecule has 24 heavy (non-hydrogen) atoms. The minimum Gasteiger partial charge on any atom is -0.350 e. The summed E-state index contributed by atoms with van der Waals surface area (Å²) in [7, 11) is 0. The van der Waals surface area contributed by atoms with Gasteiger partial charge in [0.25, 0.3) is 0 Å². The first-order valence-corrected chi connectivity index (χ1v) is 7.70. The van der Waals surface area contributed by atoms with Gasteiger partial charge in [0.05, 0.1) is 17.1 Å². The van der Waals surface area contributed by atoms with Crippen molar-refractivity contribution in [1.29, 1.82) is 5.41 Å². The van der Waals surface area contributed by atoms with Crippen LogP contribution >= 0.6 is 0 Å². The molecule has 1 N–H and O–H groups in total. The average Bonchev–Trinajstić information content (AvgIpc) is 2.62. The van der Waals surface area contributed by atoms with Gasteiger partial charge in [0.2, 0.25) is 0 Å². The summed E-state index contributed by atoms with van der Waals surface area (Å²) in [6.45, 7) is 1.51. The van der Waals surface area contributed by atoms with Crippen LogP contribution in [0.25, 0.3) is 10.9 Å². The molecule has 0 amide bonds. The van der Waals surface area contributed by atoms with Crippen LogP contribution in [-0.4, -0.2) is 16.0 Å². The highest BCUT2D eigenvalue weighted by Gasteiger charge is 2.00. The molecule has 0 unspecified atom stereocenters. The van der Waals surface area contributed by atoms with Crippen LogP contribution in [0, 0.1) is 10.3 Å². The lowest BCUT2D eigenvalue weighted by Crippen LogP contribution is -2.11. The Kier molecular flexibility index (Phi) is 4.81. The summed E-state index contributed by atoms with van der Waals surface area (Å²) in [6, 6.07) is 9.77. The molecule has 0 saturated carbocycles. The third-order valence-corrected chi connectivity index (χ3v) is 3.83. The van der Waals surface area contributed by atoms with Gasteiger partial charge in [-0.25, -0.2) is 0 Å². The van der Waals surface area contributed by atoms with Crippen molar-refractivity contribution in [1.82, 2.24) is 9.47 Å². The summed E-state index contributed by atoms with van der Waals surface area (Å²) in [4.78, 5) is 12.2. The number of aromatic nitrogens is 1. The number of para-hydroxylation sites is 1. The molecule has 1 aromatic heterocycles. The Morgan fingerprint density at radius 2 is 1.79 bits per heavy atom. The maximum absolute atomic E-state index is 10.2. The van der Waals surface area contributed by atoms with Crippen LogP contribution in [0.1, 0.15) is 0 Å². The number of nitrogens with zero attached hydrogens (tertiary/aromatic N) is 3. The largest absolute Gasteiger partial charge is 0.350 e. The van der Waals surface area contributed by atoms with Crippen LogP contribution in [0.5, 0.6) is 0 Å². The molecular formula is C19H18N4O. The van der Waals surface area contributed by atoms with Gasteiger partial charge in [-0.05, 0) is 35.0 Å². The first kappa shape index (κ1) is 15.7. The fourth-order valence-electron chi connectivity index (χ4n) is 2.57. The molecular weight excluding hydrogens is 300 g/mol. The molecule has 2 heterocycles. The second-order valence-electron chi connectivity index (χ2n) is 5.43. The maximum atomic E-state index is 10.2. The van der Waals surface area contributed by atoms with Crippen LogP contribution in [0.15, 0.2) is 90.2 Å². The lowest BCUT2D eigenvalue weighted by atomic mass is 10.2. The van der Waals surface area contributed by atoms with E-state index in [-0.39, 0.29) is 0 Å². The molecule has 0 fully saturated rings. The van der Waals surface area contributed by atoms with Crippen molar-refractivity contribution >= 4 is 10.9 Å². The van der Waals surface area contributed by atoms with E-state index < -0.39 is 0 Å². The number of allylic oxidation sites excluding steroid dienone is 4. The highest BCUT2D eigenvalue weighted by atomic mass is 16.2. The smallest absolute Gasteiger partial charge is 0.0788 e. The van der Waals surface area contributed by atoms with Gasteiger partial charge in [0.15, 0.2) is 0 Å². The highest BCUT2D eigenvalue weighted by Crippen LogP contribution is 2.10. The van der Waals surface area contributed by atoms with E-state index in [9.17, 15) is 4.91 Å². The molecule has 3 rings (SSSR count). The van der Waals surface area contributed by atoms with Crippen LogP contribution in [0.3, 0.4) is 0 Å². The normalized spacial score (nSPS) is 13.8. The number of nitrogens with one attached hydrogen (secondary N) is 1. The summed E-state index contributed by atoms with van der Waals surface area (Å²) in [5, 5.41) is 12.2. The molecule has 0 radical (unpaired) electrons. The Bertz CT molecular complexity index is 902. The SMILES string of the molecule is N=c1ccn(CC=CCN2C=CC(=CN=O)C=C2)c2ccccc12. The van der Waals surface area contributed by atoms with Crippen molar-refractivity contribution < 1.29 is 0 Å². The quantitative estimate of drug-likeness (QED) is 0.675. The zero-order valence-electron chi connectivity index (χ0n) is 13.2. The Balaban J connectivity index is 1.64. The minimum atomic E-state index is 0.545.